The number of methoxy groups -OCH3 is 2. The molecule has 1 aromatic carbocycles. The fraction of sp³-hybridized carbons (Fsp3) is 0.462. The van der Waals surface area contributed by atoms with Gasteiger partial charge in [-0.3, -0.25) is 4.79 Å². The zero-order chi connectivity index (χ0) is 14.1. The van der Waals surface area contributed by atoms with E-state index in [0.29, 0.717) is 31.8 Å². The lowest BCUT2D eigenvalue weighted by Gasteiger charge is -2.11. The summed E-state index contributed by atoms with van der Waals surface area (Å²) in [5.74, 6) is 0.701. The summed E-state index contributed by atoms with van der Waals surface area (Å²) < 4.78 is 9.96. The van der Waals surface area contributed by atoms with E-state index in [1.165, 1.54) is 0 Å². The van der Waals surface area contributed by atoms with Crippen LogP contribution in [0.5, 0.6) is 5.75 Å². The zero-order valence-electron chi connectivity index (χ0n) is 11.4. The first-order valence-electron chi connectivity index (χ1n) is 6.10. The molecule has 0 bridgehead atoms. The minimum Gasteiger partial charge on any atom is -0.497 e. The van der Waals surface area contributed by atoms with Crippen LogP contribution in [0.4, 0.5) is 11.4 Å². The standard InChI is InChI=1S/C13H21N3O3/c1-18-8-7-16-13(17)5-6-15-12-9-10(19-2)3-4-11(12)14/h3-4,9,15H,5-8,14H2,1-2H3,(H,16,17). The lowest BCUT2D eigenvalue weighted by atomic mass is 10.2. The Morgan fingerprint density at radius 3 is 2.79 bits per heavy atom. The van der Waals surface area contributed by atoms with Gasteiger partial charge in [-0.2, -0.15) is 0 Å². The van der Waals surface area contributed by atoms with Crippen LogP contribution in [0.25, 0.3) is 0 Å². The van der Waals surface area contributed by atoms with Gasteiger partial charge in [0.15, 0.2) is 0 Å². The van der Waals surface area contributed by atoms with Crippen LogP contribution >= 0.6 is 0 Å². The van der Waals surface area contributed by atoms with E-state index in [4.69, 9.17) is 15.2 Å². The van der Waals surface area contributed by atoms with Gasteiger partial charge >= 0.3 is 0 Å². The molecule has 1 aromatic rings. The molecule has 1 rings (SSSR count). The predicted octanol–water partition coefficient (Wildman–Crippen LogP) is 0.842. The fourth-order valence-electron chi connectivity index (χ4n) is 1.51. The average molecular weight is 267 g/mol. The van der Waals surface area contributed by atoms with Crippen molar-refractivity contribution >= 4 is 17.3 Å². The van der Waals surface area contributed by atoms with Crippen molar-refractivity contribution in [3.63, 3.8) is 0 Å². The SMILES string of the molecule is COCCNC(=O)CCNc1cc(OC)ccc1N. The Balaban J connectivity index is 2.34. The summed E-state index contributed by atoms with van der Waals surface area (Å²) in [6.45, 7) is 1.55. The molecular formula is C13H21N3O3. The molecule has 0 aliphatic rings. The third-order valence-corrected chi connectivity index (χ3v) is 2.56. The highest BCUT2D eigenvalue weighted by molar-refractivity contribution is 5.77. The second-order valence-corrected chi connectivity index (χ2v) is 3.97. The number of carbonyl (C=O) groups excluding carboxylic acids is 1. The molecule has 1 amide bonds. The molecule has 0 aliphatic carbocycles. The summed E-state index contributed by atoms with van der Waals surface area (Å²) in [7, 11) is 3.19. The molecule has 6 heteroatoms. The highest BCUT2D eigenvalue weighted by Gasteiger charge is 2.03. The number of rotatable bonds is 8. The minimum absolute atomic E-state index is 0.0222. The lowest BCUT2D eigenvalue weighted by Crippen LogP contribution is -2.28. The molecule has 0 aliphatic heterocycles. The summed E-state index contributed by atoms with van der Waals surface area (Å²) in [5, 5.41) is 5.86. The van der Waals surface area contributed by atoms with Gasteiger partial charge in [0.05, 0.1) is 25.1 Å². The number of nitrogens with one attached hydrogen (secondary N) is 2. The van der Waals surface area contributed by atoms with Gasteiger partial charge in [-0.05, 0) is 12.1 Å². The predicted molar refractivity (Wildman–Crippen MR) is 75.4 cm³/mol. The number of nitrogen functional groups attached to an aromatic ring is 1. The van der Waals surface area contributed by atoms with Crippen molar-refractivity contribution in [1.82, 2.24) is 5.32 Å². The summed E-state index contributed by atoms with van der Waals surface area (Å²) in [6, 6.07) is 5.36. The van der Waals surface area contributed by atoms with Crippen molar-refractivity contribution in [3.8, 4) is 5.75 Å². The van der Waals surface area contributed by atoms with Crippen molar-refractivity contribution in [1.29, 1.82) is 0 Å². The van der Waals surface area contributed by atoms with Crippen molar-refractivity contribution < 1.29 is 14.3 Å². The van der Waals surface area contributed by atoms with Crippen LogP contribution in [0, 0.1) is 0 Å². The van der Waals surface area contributed by atoms with Gasteiger partial charge in [0.2, 0.25) is 5.91 Å². The van der Waals surface area contributed by atoms with E-state index in [9.17, 15) is 4.79 Å². The number of hydrogen-bond donors (Lipinski definition) is 3. The third-order valence-electron chi connectivity index (χ3n) is 2.56. The first-order valence-corrected chi connectivity index (χ1v) is 6.10. The van der Waals surface area contributed by atoms with Crippen LogP contribution in [-0.4, -0.2) is 39.8 Å². The summed E-state index contributed by atoms with van der Waals surface area (Å²) >= 11 is 0. The Morgan fingerprint density at radius 2 is 2.11 bits per heavy atom. The Morgan fingerprint density at radius 1 is 1.32 bits per heavy atom. The first-order chi connectivity index (χ1) is 9.17. The number of carbonyl (C=O) groups is 1. The Labute approximate surface area is 113 Å². The lowest BCUT2D eigenvalue weighted by molar-refractivity contribution is -0.121. The number of benzene rings is 1. The summed E-state index contributed by atoms with van der Waals surface area (Å²) in [6.07, 6.45) is 0.375. The Kier molecular flexibility index (Phi) is 6.52. The van der Waals surface area contributed by atoms with Crippen molar-refractivity contribution in [2.75, 3.05) is 45.0 Å². The van der Waals surface area contributed by atoms with E-state index in [1.807, 2.05) is 0 Å². The molecule has 6 nitrogen and oxygen atoms in total. The van der Waals surface area contributed by atoms with Crippen LogP contribution in [0.2, 0.25) is 0 Å². The molecule has 106 valence electrons. The number of anilines is 2. The average Bonchev–Trinajstić information content (AvgIpc) is 2.41. The van der Waals surface area contributed by atoms with E-state index in [-0.39, 0.29) is 5.91 Å². The van der Waals surface area contributed by atoms with Gasteiger partial charge in [-0.15, -0.1) is 0 Å². The zero-order valence-corrected chi connectivity index (χ0v) is 11.4. The third kappa shape index (κ3) is 5.48. The molecule has 19 heavy (non-hydrogen) atoms. The molecular weight excluding hydrogens is 246 g/mol. The number of nitrogens with two attached hydrogens (primary N) is 1. The van der Waals surface area contributed by atoms with Gasteiger partial charge in [-0.1, -0.05) is 0 Å². The molecule has 0 atom stereocenters. The largest absolute Gasteiger partial charge is 0.497 e. The van der Waals surface area contributed by atoms with E-state index in [0.717, 1.165) is 11.4 Å². The summed E-state index contributed by atoms with van der Waals surface area (Å²) in [5.41, 5.74) is 7.22. The maximum absolute atomic E-state index is 11.5. The van der Waals surface area contributed by atoms with Gasteiger partial charge in [0.25, 0.3) is 0 Å². The van der Waals surface area contributed by atoms with E-state index < -0.39 is 0 Å². The number of hydrogen-bond acceptors (Lipinski definition) is 5. The highest BCUT2D eigenvalue weighted by atomic mass is 16.5. The molecule has 0 spiro atoms. The Hall–Kier alpha value is -1.95. The van der Waals surface area contributed by atoms with Crippen LogP contribution < -0.4 is 21.1 Å². The van der Waals surface area contributed by atoms with Crippen LogP contribution in [-0.2, 0) is 9.53 Å². The maximum Gasteiger partial charge on any atom is 0.221 e. The molecule has 0 aromatic heterocycles. The quantitative estimate of drug-likeness (QED) is 0.480. The van der Waals surface area contributed by atoms with Crippen molar-refractivity contribution in [2.24, 2.45) is 0 Å². The van der Waals surface area contributed by atoms with Gasteiger partial charge < -0.3 is 25.8 Å². The maximum atomic E-state index is 11.5. The highest BCUT2D eigenvalue weighted by Crippen LogP contribution is 2.24. The summed E-state index contributed by atoms with van der Waals surface area (Å²) in [4.78, 5) is 11.5. The van der Waals surface area contributed by atoms with Crippen LogP contribution in [0.1, 0.15) is 6.42 Å². The van der Waals surface area contributed by atoms with Crippen molar-refractivity contribution in [3.05, 3.63) is 18.2 Å². The van der Waals surface area contributed by atoms with Gasteiger partial charge in [0.1, 0.15) is 5.75 Å². The molecule has 0 unspecified atom stereocenters. The molecule has 0 saturated carbocycles. The fourth-order valence-corrected chi connectivity index (χ4v) is 1.51. The molecule has 0 heterocycles. The van der Waals surface area contributed by atoms with E-state index in [1.54, 1.807) is 32.4 Å². The molecule has 0 radical (unpaired) electrons. The minimum atomic E-state index is -0.0222. The smallest absolute Gasteiger partial charge is 0.221 e. The van der Waals surface area contributed by atoms with Gasteiger partial charge in [0, 0.05) is 32.7 Å². The molecule has 0 fully saturated rings. The normalized spacial score (nSPS) is 10.0. The topological polar surface area (TPSA) is 85.6 Å². The second kappa shape index (κ2) is 8.20. The van der Waals surface area contributed by atoms with E-state index in [2.05, 4.69) is 10.6 Å². The van der Waals surface area contributed by atoms with Crippen molar-refractivity contribution in [2.45, 2.75) is 6.42 Å². The first kappa shape index (κ1) is 15.1. The van der Waals surface area contributed by atoms with Gasteiger partial charge in [-0.25, -0.2) is 0 Å². The Bertz CT molecular complexity index is 410. The second-order valence-electron chi connectivity index (χ2n) is 3.97. The number of ether oxygens (including phenoxy) is 2. The monoisotopic (exact) mass is 267 g/mol. The van der Waals surface area contributed by atoms with Crippen LogP contribution in [0.3, 0.4) is 0 Å². The number of amides is 1. The molecule has 4 N–H and O–H groups in total. The van der Waals surface area contributed by atoms with E-state index >= 15 is 0 Å². The molecule has 0 saturated heterocycles. The van der Waals surface area contributed by atoms with Crippen LogP contribution in [0.15, 0.2) is 18.2 Å².